The zero-order valence-corrected chi connectivity index (χ0v) is 14.5. The van der Waals surface area contributed by atoms with Gasteiger partial charge in [0.05, 0.1) is 5.60 Å². The Hall–Kier alpha value is -0.890. The highest BCUT2D eigenvalue weighted by molar-refractivity contribution is 5.60. The van der Waals surface area contributed by atoms with Crippen molar-refractivity contribution in [1.29, 1.82) is 0 Å². The van der Waals surface area contributed by atoms with Crippen LogP contribution in [0.15, 0.2) is 24.8 Å². The maximum absolute atomic E-state index is 11.8. The molecule has 1 N–H and O–H groups in total. The van der Waals surface area contributed by atoms with E-state index in [2.05, 4.69) is 27.0 Å². The molecule has 0 bridgehead atoms. The minimum atomic E-state index is -0.813. The van der Waals surface area contributed by atoms with Crippen molar-refractivity contribution in [3.8, 4) is 0 Å². The Balaban J connectivity index is 2.26. The SMILES string of the molecule is C=C[C@@](C)(O)CC[C@H]1C(=C)CC[C@@H]2[C@]1(C)CCC[C@]2(C)C=O. The standard InChI is InChI=1S/C20H32O2/c1-6-19(4,22)13-10-16-15(2)8-9-17-18(3,14-21)11-7-12-20(16,17)5/h6,14,16-17,22H,1-2,7-13H2,3-5H3/t16-,17-,18+,19+,20+/m0/s1. The van der Waals surface area contributed by atoms with Crippen molar-refractivity contribution in [3.05, 3.63) is 24.8 Å². The average Bonchev–Trinajstić information content (AvgIpc) is 2.46. The Labute approximate surface area is 135 Å². The van der Waals surface area contributed by atoms with Gasteiger partial charge < -0.3 is 9.90 Å². The number of allylic oxidation sites excluding steroid dienone is 1. The molecule has 124 valence electrons. The van der Waals surface area contributed by atoms with Gasteiger partial charge in [0.15, 0.2) is 0 Å². The number of carbonyl (C=O) groups is 1. The molecule has 22 heavy (non-hydrogen) atoms. The summed E-state index contributed by atoms with van der Waals surface area (Å²) in [5.41, 5.74) is 0.452. The molecule has 2 aliphatic carbocycles. The predicted octanol–water partition coefficient (Wildman–Crippen LogP) is 4.68. The van der Waals surface area contributed by atoms with Crippen LogP contribution >= 0.6 is 0 Å². The second-order valence-corrected chi connectivity index (χ2v) is 8.39. The summed E-state index contributed by atoms with van der Waals surface area (Å²) in [5, 5.41) is 10.3. The summed E-state index contributed by atoms with van der Waals surface area (Å²) in [6.07, 6.45) is 9.88. The third kappa shape index (κ3) is 2.95. The Morgan fingerprint density at radius 3 is 2.68 bits per heavy atom. The fraction of sp³-hybridized carbons (Fsp3) is 0.750. The quantitative estimate of drug-likeness (QED) is 0.591. The van der Waals surface area contributed by atoms with Gasteiger partial charge in [-0.2, -0.15) is 0 Å². The lowest BCUT2D eigenvalue weighted by molar-refractivity contribution is -0.130. The zero-order chi connectivity index (χ0) is 16.6. The molecule has 0 aromatic carbocycles. The van der Waals surface area contributed by atoms with Crippen molar-refractivity contribution < 1.29 is 9.90 Å². The summed E-state index contributed by atoms with van der Waals surface area (Å²) in [6, 6.07) is 0. The monoisotopic (exact) mass is 304 g/mol. The van der Waals surface area contributed by atoms with Gasteiger partial charge in [-0.1, -0.05) is 38.5 Å². The number of carbonyl (C=O) groups excluding carboxylic acids is 1. The van der Waals surface area contributed by atoms with E-state index < -0.39 is 5.60 Å². The second kappa shape index (κ2) is 5.96. The molecular formula is C20H32O2. The lowest BCUT2D eigenvalue weighted by Crippen LogP contribution is -2.51. The molecule has 2 nitrogen and oxygen atoms in total. The molecule has 2 fully saturated rings. The van der Waals surface area contributed by atoms with E-state index in [0.717, 1.165) is 32.1 Å². The van der Waals surface area contributed by atoms with Gasteiger partial charge in [-0.15, -0.1) is 6.58 Å². The highest BCUT2D eigenvalue weighted by Gasteiger charge is 2.54. The van der Waals surface area contributed by atoms with Crippen LogP contribution in [0.5, 0.6) is 0 Å². The lowest BCUT2D eigenvalue weighted by atomic mass is 9.47. The molecule has 0 aromatic heterocycles. The van der Waals surface area contributed by atoms with Crippen LogP contribution in [-0.2, 0) is 4.79 Å². The Kier molecular flexibility index (Phi) is 4.73. The van der Waals surface area contributed by atoms with Crippen molar-refractivity contribution >= 4 is 6.29 Å². The third-order valence-electron chi connectivity index (χ3n) is 6.71. The van der Waals surface area contributed by atoms with E-state index in [9.17, 15) is 9.90 Å². The smallest absolute Gasteiger partial charge is 0.126 e. The Bertz CT molecular complexity index is 464. The first kappa shape index (κ1) is 17.5. The maximum atomic E-state index is 11.8. The molecule has 0 unspecified atom stereocenters. The molecule has 0 radical (unpaired) electrons. The van der Waals surface area contributed by atoms with Crippen LogP contribution in [0.4, 0.5) is 0 Å². The molecule has 0 aliphatic heterocycles. The highest BCUT2D eigenvalue weighted by atomic mass is 16.3. The molecule has 5 atom stereocenters. The summed E-state index contributed by atoms with van der Waals surface area (Å²) >= 11 is 0. The van der Waals surface area contributed by atoms with Crippen LogP contribution in [0.25, 0.3) is 0 Å². The molecule has 0 heterocycles. The van der Waals surface area contributed by atoms with Crippen LogP contribution < -0.4 is 0 Å². The average molecular weight is 304 g/mol. The maximum Gasteiger partial charge on any atom is 0.126 e. The van der Waals surface area contributed by atoms with Crippen molar-refractivity contribution in [1.82, 2.24) is 0 Å². The van der Waals surface area contributed by atoms with E-state index in [4.69, 9.17) is 0 Å². The summed E-state index contributed by atoms with van der Waals surface area (Å²) in [5.74, 6) is 0.840. The van der Waals surface area contributed by atoms with Crippen molar-refractivity contribution in [2.24, 2.45) is 22.7 Å². The summed E-state index contributed by atoms with van der Waals surface area (Å²) in [7, 11) is 0. The molecule has 2 aliphatic rings. The van der Waals surface area contributed by atoms with Crippen LogP contribution in [0.1, 0.15) is 65.7 Å². The summed E-state index contributed by atoms with van der Waals surface area (Å²) < 4.78 is 0. The van der Waals surface area contributed by atoms with Crippen LogP contribution in [-0.4, -0.2) is 17.0 Å². The number of hydrogen-bond acceptors (Lipinski definition) is 2. The normalized spacial score (nSPS) is 41.4. The predicted molar refractivity (Wildman–Crippen MR) is 91.5 cm³/mol. The Morgan fingerprint density at radius 2 is 2.09 bits per heavy atom. The fourth-order valence-electron chi connectivity index (χ4n) is 5.21. The van der Waals surface area contributed by atoms with E-state index in [0.29, 0.717) is 18.3 Å². The second-order valence-electron chi connectivity index (χ2n) is 8.39. The van der Waals surface area contributed by atoms with E-state index >= 15 is 0 Å². The molecule has 0 aromatic rings. The molecular weight excluding hydrogens is 272 g/mol. The zero-order valence-electron chi connectivity index (χ0n) is 14.5. The molecule has 2 saturated carbocycles. The van der Waals surface area contributed by atoms with Crippen LogP contribution in [0.2, 0.25) is 0 Å². The van der Waals surface area contributed by atoms with Crippen molar-refractivity contribution in [3.63, 3.8) is 0 Å². The minimum Gasteiger partial charge on any atom is -0.386 e. The summed E-state index contributed by atoms with van der Waals surface area (Å²) in [4.78, 5) is 11.8. The third-order valence-corrected chi connectivity index (χ3v) is 6.71. The molecule has 2 rings (SSSR count). The van der Waals surface area contributed by atoms with Gasteiger partial charge in [-0.3, -0.25) is 0 Å². The summed E-state index contributed by atoms with van der Waals surface area (Å²) in [6.45, 7) is 14.4. The van der Waals surface area contributed by atoms with E-state index in [1.54, 1.807) is 6.08 Å². The fourth-order valence-corrected chi connectivity index (χ4v) is 5.21. The van der Waals surface area contributed by atoms with Gasteiger partial charge in [0, 0.05) is 5.41 Å². The first-order chi connectivity index (χ1) is 10.2. The number of hydrogen-bond donors (Lipinski definition) is 1. The minimum absolute atomic E-state index is 0.139. The first-order valence-electron chi connectivity index (χ1n) is 8.68. The number of aliphatic hydroxyl groups is 1. The van der Waals surface area contributed by atoms with Gasteiger partial charge in [-0.25, -0.2) is 0 Å². The van der Waals surface area contributed by atoms with Crippen molar-refractivity contribution in [2.45, 2.75) is 71.3 Å². The molecule has 0 amide bonds. The van der Waals surface area contributed by atoms with E-state index in [1.807, 2.05) is 6.92 Å². The topological polar surface area (TPSA) is 37.3 Å². The van der Waals surface area contributed by atoms with Gasteiger partial charge in [0.2, 0.25) is 0 Å². The Morgan fingerprint density at radius 1 is 1.41 bits per heavy atom. The number of rotatable bonds is 5. The lowest BCUT2D eigenvalue weighted by Gasteiger charge is -2.57. The first-order valence-corrected chi connectivity index (χ1v) is 8.68. The number of aldehydes is 1. The van der Waals surface area contributed by atoms with Gasteiger partial charge in [-0.05, 0) is 62.7 Å². The van der Waals surface area contributed by atoms with Crippen LogP contribution in [0.3, 0.4) is 0 Å². The molecule has 0 spiro atoms. The largest absolute Gasteiger partial charge is 0.386 e. The van der Waals surface area contributed by atoms with E-state index in [-0.39, 0.29) is 10.8 Å². The molecule has 2 heteroatoms. The van der Waals surface area contributed by atoms with Crippen molar-refractivity contribution in [2.75, 3.05) is 0 Å². The van der Waals surface area contributed by atoms with Gasteiger partial charge >= 0.3 is 0 Å². The van der Waals surface area contributed by atoms with Gasteiger partial charge in [0.25, 0.3) is 0 Å². The van der Waals surface area contributed by atoms with Crippen LogP contribution in [0, 0.1) is 22.7 Å². The number of fused-ring (bicyclic) bond motifs is 1. The van der Waals surface area contributed by atoms with E-state index in [1.165, 1.54) is 18.3 Å². The highest BCUT2D eigenvalue weighted by Crippen LogP contribution is 2.61. The molecule has 0 saturated heterocycles. The van der Waals surface area contributed by atoms with Gasteiger partial charge in [0.1, 0.15) is 6.29 Å².